The third kappa shape index (κ3) is 4.81. The predicted octanol–water partition coefficient (Wildman–Crippen LogP) is 1.90. The SMILES string of the molecule is Cc1cc(C)n(-c2nnc(SCC(=O)NCCc3cccc(Cl)c3)n2N)n1. The minimum Gasteiger partial charge on any atom is -0.355 e. The van der Waals surface area contributed by atoms with E-state index >= 15 is 0 Å². The molecule has 142 valence electrons. The monoisotopic (exact) mass is 405 g/mol. The molecule has 10 heteroatoms. The topological polar surface area (TPSA) is 104 Å². The zero-order chi connectivity index (χ0) is 19.4. The van der Waals surface area contributed by atoms with Crippen LogP contribution in [0.25, 0.3) is 5.95 Å². The second-order valence-electron chi connectivity index (χ2n) is 6.01. The maximum atomic E-state index is 12.0. The molecule has 1 aromatic carbocycles. The number of carbonyl (C=O) groups is 1. The molecule has 0 fully saturated rings. The maximum Gasteiger partial charge on any atom is 0.271 e. The summed E-state index contributed by atoms with van der Waals surface area (Å²) in [6.07, 6.45) is 0.714. The molecule has 27 heavy (non-hydrogen) atoms. The second kappa shape index (κ2) is 8.45. The van der Waals surface area contributed by atoms with Gasteiger partial charge in [0.2, 0.25) is 11.1 Å². The third-order valence-corrected chi connectivity index (χ3v) is 4.98. The molecule has 3 aromatic rings. The fourth-order valence-corrected chi connectivity index (χ4v) is 3.46. The average molecular weight is 406 g/mol. The molecular weight excluding hydrogens is 386 g/mol. The van der Waals surface area contributed by atoms with E-state index in [1.165, 1.54) is 16.4 Å². The molecule has 3 N–H and O–H groups in total. The van der Waals surface area contributed by atoms with Crippen LogP contribution in [0.2, 0.25) is 5.02 Å². The molecule has 0 spiro atoms. The van der Waals surface area contributed by atoms with Gasteiger partial charge in [-0.05, 0) is 44.0 Å². The van der Waals surface area contributed by atoms with Gasteiger partial charge in [0, 0.05) is 17.3 Å². The molecular formula is C17H20ClN7OS. The van der Waals surface area contributed by atoms with E-state index in [1.807, 2.05) is 44.2 Å². The zero-order valence-corrected chi connectivity index (χ0v) is 16.6. The van der Waals surface area contributed by atoms with Gasteiger partial charge in [-0.25, -0.2) is 9.36 Å². The summed E-state index contributed by atoms with van der Waals surface area (Å²) in [5.74, 6) is 6.56. The normalized spacial score (nSPS) is 10.9. The standard InChI is InChI=1S/C17H20ClN7OS/c1-11-8-12(2)25(23-11)16-21-22-17(24(16)19)27-10-15(26)20-7-6-13-4-3-5-14(18)9-13/h3-5,8-9H,6-7,10,19H2,1-2H3,(H,20,26). The molecule has 0 unspecified atom stereocenters. The molecule has 2 aromatic heterocycles. The summed E-state index contributed by atoms with van der Waals surface area (Å²) < 4.78 is 2.96. The van der Waals surface area contributed by atoms with Crippen molar-refractivity contribution < 1.29 is 4.79 Å². The summed E-state index contributed by atoms with van der Waals surface area (Å²) in [4.78, 5) is 12.0. The number of nitrogens with zero attached hydrogens (tertiary/aromatic N) is 5. The van der Waals surface area contributed by atoms with Crippen LogP contribution in [-0.4, -0.2) is 42.9 Å². The average Bonchev–Trinajstić information content (AvgIpc) is 3.14. The van der Waals surface area contributed by atoms with Crippen LogP contribution >= 0.6 is 23.4 Å². The number of halogens is 1. The van der Waals surface area contributed by atoms with Crippen LogP contribution in [0.3, 0.4) is 0 Å². The number of thioether (sulfide) groups is 1. The Kier molecular flexibility index (Phi) is 6.02. The lowest BCUT2D eigenvalue weighted by atomic mass is 10.1. The highest BCUT2D eigenvalue weighted by molar-refractivity contribution is 7.99. The largest absolute Gasteiger partial charge is 0.355 e. The molecule has 1 amide bonds. The summed E-state index contributed by atoms with van der Waals surface area (Å²) >= 11 is 7.17. The number of nitrogen functional groups attached to an aromatic ring is 1. The maximum absolute atomic E-state index is 12.0. The number of aromatic nitrogens is 5. The van der Waals surface area contributed by atoms with Crippen LogP contribution in [0.15, 0.2) is 35.5 Å². The Morgan fingerprint density at radius 2 is 2.11 bits per heavy atom. The van der Waals surface area contributed by atoms with Crippen LogP contribution in [0.1, 0.15) is 17.0 Å². The summed E-state index contributed by atoms with van der Waals surface area (Å²) in [6.45, 7) is 4.34. The van der Waals surface area contributed by atoms with E-state index in [0.29, 0.717) is 29.1 Å². The number of nitrogens with one attached hydrogen (secondary N) is 1. The Morgan fingerprint density at radius 3 is 2.81 bits per heavy atom. The van der Waals surface area contributed by atoms with Gasteiger partial charge >= 0.3 is 0 Å². The van der Waals surface area contributed by atoms with E-state index in [-0.39, 0.29) is 11.7 Å². The Balaban J connectivity index is 1.51. The number of hydrogen-bond donors (Lipinski definition) is 2. The van der Waals surface area contributed by atoms with E-state index in [0.717, 1.165) is 17.0 Å². The first-order valence-corrected chi connectivity index (χ1v) is 9.68. The van der Waals surface area contributed by atoms with Gasteiger partial charge in [0.25, 0.3) is 5.95 Å². The minimum absolute atomic E-state index is 0.0994. The van der Waals surface area contributed by atoms with E-state index in [4.69, 9.17) is 17.4 Å². The molecule has 8 nitrogen and oxygen atoms in total. The molecule has 0 aliphatic carbocycles. The highest BCUT2D eigenvalue weighted by atomic mass is 35.5. The lowest BCUT2D eigenvalue weighted by molar-refractivity contribution is -0.118. The molecule has 0 saturated carbocycles. The third-order valence-electron chi connectivity index (χ3n) is 3.80. The van der Waals surface area contributed by atoms with E-state index in [2.05, 4.69) is 20.6 Å². The van der Waals surface area contributed by atoms with Crippen molar-refractivity contribution >= 4 is 29.3 Å². The van der Waals surface area contributed by atoms with Crippen molar-refractivity contribution in [2.24, 2.45) is 0 Å². The minimum atomic E-state index is -0.0994. The molecule has 3 rings (SSSR count). The summed E-state index contributed by atoms with van der Waals surface area (Å²) in [6, 6.07) is 9.51. The van der Waals surface area contributed by atoms with Crippen molar-refractivity contribution in [1.82, 2.24) is 30.0 Å². The number of amides is 1. The highest BCUT2D eigenvalue weighted by Crippen LogP contribution is 2.17. The number of benzene rings is 1. The first-order chi connectivity index (χ1) is 12.9. The van der Waals surface area contributed by atoms with Crippen LogP contribution in [0, 0.1) is 13.8 Å². The van der Waals surface area contributed by atoms with Crippen molar-refractivity contribution in [3.05, 3.63) is 52.3 Å². The highest BCUT2D eigenvalue weighted by Gasteiger charge is 2.15. The lowest BCUT2D eigenvalue weighted by Gasteiger charge is -2.06. The summed E-state index contributed by atoms with van der Waals surface area (Å²) in [7, 11) is 0. The molecule has 0 atom stereocenters. The Labute approximate surface area is 166 Å². The van der Waals surface area contributed by atoms with Gasteiger partial charge in [-0.15, -0.1) is 10.2 Å². The van der Waals surface area contributed by atoms with Gasteiger partial charge in [0.15, 0.2) is 0 Å². The fourth-order valence-electron chi connectivity index (χ4n) is 2.56. The van der Waals surface area contributed by atoms with Crippen molar-refractivity contribution in [3.63, 3.8) is 0 Å². The Hall–Kier alpha value is -2.52. The van der Waals surface area contributed by atoms with Gasteiger partial charge in [0.1, 0.15) is 0 Å². The van der Waals surface area contributed by atoms with Crippen molar-refractivity contribution in [2.45, 2.75) is 25.4 Å². The van der Waals surface area contributed by atoms with E-state index in [9.17, 15) is 4.79 Å². The van der Waals surface area contributed by atoms with Crippen molar-refractivity contribution in [2.75, 3.05) is 18.1 Å². The van der Waals surface area contributed by atoms with Crippen molar-refractivity contribution in [1.29, 1.82) is 0 Å². The van der Waals surface area contributed by atoms with Gasteiger partial charge in [-0.3, -0.25) is 4.79 Å². The van der Waals surface area contributed by atoms with Gasteiger partial charge in [-0.2, -0.15) is 5.10 Å². The smallest absolute Gasteiger partial charge is 0.271 e. The Bertz CT molecular complexity index is 953. The van der Waals surface area contributed by atoms with Crippen LogP contribution < -0.4 is 11.2 Å². The molecule has 0 radical (unpaired) electrons. The number of rotatable bonds is 7. The Morgan fingerprint density at radius 1 is 1.30 bits per heavy atom. The quantitative estimate of drug-likeness (QED) is 0.459. The number of hydrogen-bond acceptors (Lipinski definition) is 6. The van der Waals surface area contributed by atoms with Crippen LogP contribution in [0.4, 0.5) is 0 Å². The number of aryl methyl sites for hydroxylation is 2. The molecule has 0 saturated heterocycles. The van der Waals surface area contributed by atoms with E-state index < -0.39 is 0 Å². The van der Waals surface area contributed by atoms with Gasteiger partial charge in [0.05, 0.1) is 11.4 Å². The van der Waals surface area contributed by atoms with Gasteiger partial charge < -0.3 is 11.2 Å². The first kappa shape index (κ1) is 19.2. The molecule has 0 aliphatic rings. The summed E-state index contributed by atoms with van der Waals surface area (Å²) in [5, 5.41) is 16.5. The lowest BCUT2D eigenvalue weighted by Crippen LogP contribution is -2.27. The van der Waals surface area contributed by atoms with E-state index in [1.54, 1.807) is 4.68 Å². The second-order valence-corrected chi connectivity index (χ2v) is 7.39. The first-order valence-electron chi connectivity index (χ1n) is 8.32. The van der Waals surface area contributed by atoms with Crippen LogP contribution in [-0.2, 0) is 11.2 Å². The molecule has 2 heterocycles. The molecule has 0 bridgehead atoms. The summed E-state index contributed by atoms with van der Waals surface area (Å²) in [5.41, 5.74) is 2.84. The zero-order valence-electron chi connectivity index (χ0n) is 15.0. The van der Waals surface area contributed by atoms with Gasteiger partial charge in [-0.1, -0.05) is 35.5 Å². The fraction of sp³-hybridized carbons (Fsp3) is 0.294. The number of carbonyl (C=O) groups excluding carboxylic acids is 1. The van der Waals surface area contributed by atoms with Crippen LogP contribution in [0.5, 0.6) is 0 Å². The molecule has 0 aliphatic heterocycles. The van der Waals surface area contributed by atoms with Crippen molar-refractivity contribution in [3.8, 4) is 5.95 Å². The number of nitrogens with two attached hydrogens (primary N) is 1. The predicted molar refractivity (Wildman–Crippen MR) is 106 cm³/mol.